The first-order valence-corrected chi connectivity index (χ1v) is 4.18. The summed E-state index contributed by atoms with van der Waals surface area (Å²) in [6.45, 7) is 1.87. The highest BCUT2D eigenvalue weighted by Crippen LogP contribution is 2.03. The molecule has 0 aromatic carbocycles. The molecule has 0 saturated carbocycles. The quantitative estimate of drug-likeness (QED) is 0.696. The van der Waals surface area contributed by atoms with Crippen LogP contribution in [0, 0.1) is 0 Å². The molecular formula is C8H14N4O. The van der Waals surface area contributed by atoms with Crippen molar-refractivity contribution < 1.29 is 4.79 Å². The average molecular weight is 182 g/mol. The zero-order chi connectivity index (χ0) is 9.84. The second-order valence-electron chi connectivity index (χ2n) is 2.91. The van der Waals surface area contributed by atoms with Gasteiger partial charge in [0.2, 0.25) is 5.91 Å². The van der Waals surface area contributed by atoms with Gasteiger partial charge in [-0.15, -0.1) is 0 Å². The van der Waals surface area contributed by atoms with Gasteiger partial charge in [-0.05, 0) is 6.42 Å². The Bertz CT molecular complexity index is 294. The zero-order valence-electron chi connectivity index (χ0n) is 7.82. The van der Waals surface area contributed by atoms with E-state index in [9.17, 15) is 4.79 Å². The summed E-state index contributed by atoms with van der Waals surface area (Å²) in [7, 11) is 1.79. The van der Waals surface area contributed by atoms with Gasteiger partial charge in [0.1, 0.15) is 0 Å². The van der Waals surface area contributed by atoms with Crippen LogP contribution in [0.5, 0.6) is 0 Å². The SMILES string of the molecule is CC[C@@H](N)C(=O)Nc1cnn(C)c1. The fourth-order valence-electron chi connectivity index (χ4n) is 0.906. The van der Waals surface area contributed by atoms with E-state index in [2.05, 4.69) is 10.4 Å². The van der Waals surface area contributed by atoms with Gasteiger partial charge in [-0.25, -0.2) is 0 Å². The zero-order valence-corrected chi connectivity index (χ0v) is 7.82. The Morgan fingerprint density at radius 1 is 1.85 bits per heavy atom. The fraction of sp³-hybridized carbons (Fsp3) is 0.500. The van der Waals surface area contributed by atoms with Gasteiger partial charge in [-0.3, -0.25) is 9.48 Å². The molecule has 1 aromatic rings. The predicted molar refractivity (Wildman–Crippen MR) is 50.1 cm³/mol. The highest BCUT2D eigenvalue weighted by atomic mass is 16.2. The van der Waals surface area contributed by atoms with E-state index in [4.69, 9.17) is 5.73 Å². The molecule has 0 bridgehead atoms. The first-order valence-electron chi connectivity index (χ1n) is 4.18. The van der Waals surface area contributed by atoms with Gasteiger partial charge < -0.3 is 11.1 Å². The smallest absolute Gasteiger partial charge is 0.241 e. The number of hydrogen-bond donors (Lipinski definition) is 2. The van der Waals surface area contributed by atoms with E-state index in [0.717, 1.165) is 0 Å². The van der Waals surface area contributed by atoms with Gasteiger partial charge >= 0.3 is 0 Å². The summed E-state index contributed by atoms with van der Waals surface area (Å²) >= 11 is 0. The minimum absolute atomic E-state index is 0.171. The van der Waals surface area contributed by atoms with E-state index in [1.807, 2.05) is 6.92 Å². The van der Waals surface area contributed by atoms with Gasteiger partial charge in [0, 0.05) is 13.2 Å². The Balaban J connectivity index is 2.54. The summed E-state index contributed by atoms with van der Waals surface area (Å²) in [4.78, 5) is 11.3. The molecule has 3 N–H and O–H groups in total. The summed E-state index contributed by atoms with van der Waals surface area (Å²) in [6, 6.07) is -0.444. The molecule has 0 saturated heterocycles. The number of carbonyl (C=O) groups is 1. The van der Waals surface area contributed by atoms with Crippen LogP contribution in [0.2, 0.25) is 0 Å². The van der Waals surface area contributed by atoms with Crippen molar-refractivity contribution >= 4 is 11.6 Å². The molecular weight excluding hydrogens is 168 g/mol. The number of hydrogen-bond acceptors (Lipinski definition) is 3. The average Bonchev–Trinajstić information content (AvgIpc) is 2.49. The third-order valence-corrected chi connectivity index (χ3v) is 1.75. The van der Waals surface area contributed by atoms with Gasteiger partial charge in [0.25, 0.3) is 0 Å². The molecule has 0 unspecified atom stereocenters. The summed E-state index contributed by atoms with van der Waals surface area (Å²) < 4.78 is 1.62. The van der Waals surface area contributed by atoms with Crippen molar-refractivity contribution in [3.63, 3.8) is 0 Å². The van der Waals surface area contributed by atoms with E-state index in [-0.39, 0.29) is 5.91 Å². The Labute approximate surface area is 76.9 Å². The number of nitrogens with two attached hydrogens (primary N) is 1. The lowest BCUT2D eigenvalue weighted by Gasteiger charge is -2.07. The topological polar surface area (TPSA) is 72.9 Å². The maximum atomic E-state index is 11.3. The number of aromatic nitrogens is 2. The van der Waals surface area contributed by atoms with Crippen molar-refractivity contribution in [1.29, 1.82) is 0 Å². The minimum Gasteiger partial charge on any atom is -0.322 e. The van der Waals surface area contributed by atoms with Crippen LogP contribution in [-0.2, 0) is 11.8 Å². The number of aryl methyl sites for hydroxylation is 1. The van der Waals surface area contributed by atoms with Crippen LogP contribution in [0.1, 0.15) is 13.3 Å². The van der Waals surface area contributed by atoms with Crippen molar-refractivity contribution in [2.24, 2.45) is 12.8 Å². The lowest BCUT2D eigenvalue weighted by molar-refractivity contribution is -0.117. The number of nitrogens with one attached hydrogen (secondary N) is 1. The van der Waals surface area contributed by atoms with Crippen molar-refractivity contribution in [3.8, 4) is 0 Å². The van der Waals surface area contributed by atoms with Gasteiger partial charge in [0.15, 0.2) is 0 Å². The molecule has 5 nitrogen and oxygen atoms in total. The number of anilines is 1. The van der Waals surface area contributed by atoms with Crippen LogP contribution in [0.3, 0.4) is 0 Å². The molecule has 72 valence electrons. The first kappa shape index (κ1) is 9.73. The Kier molecular flexibility index (Phi) is 3.02. The van der Waals surface area contributed by atoms with Gasteiger partial charge in [-0.2, -0.15) is 5.10 Å². The van der Waals surface area contributed by atoms with Crippen molar-refractivity contribution in [1.82, 2.24) is 9.78 Å². The number of rotatable bonds is 3. The molecule has 1 rings (SSSR count). The third kappa shape index (κ3) is 2.55. The van der Waals surface area contributed by atoms with Crippen LogP contribution >= 0.6 is 0 Å². The monoisotopic (exact) mass is 182 g/mol. The molecule has 0 radical (unpaired) electrons. The van der Waals surface area contributed by atoms with Crippen LogP contribution in [0.15, 0.2) is 12.4 Å². The van der Waals surface area contributed by atoms with Gasteiger partial charge in [-0.1, -0.05) is 6.92 Å². The number of amides is 1. The molecule has 0 spiro atoms. The molecule has 0 fully saturated rings. The van der Waals surface area contributed by atoms with E-state index in [0.29, 0.717) is 12.1 Å². The van der Waals surface area contributed by atoms with E-state index in [1.165, 1.54) is 0 Å². The summed E-state index contributed by atoms with van der Waals surface area (Å²) in [6.07, 6.45) is 3.94. The Morgan fingerprint density at radius 3 is 3.00 bits per heavy atom. The highest BCUT2D eigenvalue weighted by Gasteiger charge is 2.11. The van der Waals surface area contributed by atoms with Crippen LogP contribution in [0.25, 0.3) is 0 Å². The second-order valence-corrected chi connectivity index (χ2v) is 2.91. The third-order valence-electron chi connectivity index (χ3n) is 1.75. The lowest BCUT2D eigenvalue weighted by Crippen LogP contribution is -2.34. The standard InChI is InChI=1S/C8H14N4O/c1-3-7(9)8(13)11-6-4-10-12(2)5-6/h4-5,7H,3,9H2,1-2H3,(H,11,13)/t7-/m1/s1. The minimum atomic E-state index is -0.444. The highest BCUT2D eigenvalue weighted by molar-refractivity contribution is 5.94. The molecule has 0 aliphatic heterocycles. The second kappa shape index (κ2) is 4.04. The van der Waals surface area contributed by atoms with E-state index < -0.39 is 6.04 Å². The molecule has 13 heavy (non-hydrogen) atoms. The largest absolute Gasteiger partial charge is 0.322 e. The van der Waals surface area contributed by atoms with E-state index >= 15 is 0 Å². The van der Waals surface area contributed by atoms with E-state index in [1.54, 1.807) is 24.1 Å². The summed E-state index contributed by atoms with van der Waals surface area (Å²) in [5.41, 5.74) is 6.21. The molecule has 0 aliphatic carbocycles. The summed E-state index contributed by atoms with van der Waals surface area (Å²) in [5, 5.41) is 6.58. The van der Waals surface area contributed by atoms with Crippen molar-refractivity contribution in [2.75, 3.05) is 5.32 Å². The number of nitrogens with zero attached hydrogens (tertiary/aromatic N) is 2. The lowest BCUT2D eigenvalue weighted by atomic mass is 10.2. The fourth-order valence-corrected chi connectivity index (χ4v) is 0.906. The van der Waals surface area contributed by atoms with Crippen LogP contribution in [-0.4, -0.2) is 21.7 Å². The van der Waals surface area contributed by atoms with Crippen molar-refractivity contribution in [3.05, 3.63) is 12.4 Å². The Hall–Kier alpha value is -1.36. The maximum absolute atomic E-state index is 11.3. The molecule has 0 aliphatic rings. The predicted octanol–water partition coefficient (Wildman–Crippen LogP) is 0.0959. The molecule has 1 aromatic heterocycles. The molecule has 1 heterocycles. The molecule has 1 amide bonds. The Morgan fingerprint density at radius 2 is 2.54 bits per heavy atom. The number of carbonyl (C=O) groups excluding carboxylic acids is 1. The first-order chi connectivity index (χ1) is 6.13. The van der Waals surface area contributed by atoms with Gasteiger partial charge in [0.05, 0.1) is 17.9 Å². The van der Waals surface area contributed by atoms with Crippen molar-refractivity contribution in [2.45, 2.75) is 19.4 Å². The summed E-state index contributed by atoms with van der Waals surface area (Å²) in [5.74, 6) is -0.171. The van der Waals surface area contributed by atoms with Crippen LogP contribution in [0.4, 0.5) is 5.69 Å². The maximum Gasteiger partial charge on any atom is 0.241 e. The van der Waals surface area contributed by atoms with Crippen LogP contribution < -0.4 is 11.1 Å². The molecule has 5 heteroatoms. The normalized spacial score (nSPS) is 12.5. The molecule has 1 atom stereocenters.